The lowest BCUT2D eigenvalue weighted by Crippen LogP contribution is -2.08. The van der Waals surface area contributed by atoms with Gasteiger partial charge in [-0.25, -0.2) is 4.79 Å². The summed E-state index contributed by atoms with van der Waals surface area (Å²) in [6.45, 7) is 5.02. The molecule has 14 heavy (non-hydrogen) atoms. The lowest BCUT2D eigenvalue weighted by molar-refractivity contribution is -0.114. The molecular weight excluding hydrogens is 182 g/mol. The second kappa shape index (κ2) is 3.91. The maximum absolute atomic E-state index is 10.8. The Morgan fingerprint density at radius 3 is 2.57 bits per heavy atom. The zero-order valence-corrected chi connectivity index (χ0v) is 7.70. The zero-order chi connectivity index (χ0) is 10.7. The van der Waals surface area contributed by atoms with Crippen molar-refractivity contribution in [3.63, 3.8) is 0 Å². The number of carbonyl (C=O) groups excluding carboxylic acids is 1. The van der Waals surface area contributed by atoms with Crippen LogP contribution in [0.4, 0.5) is 5.69 Å². The number of benzene rings is 1. The molecule has 4 heteroatoms. The van der Waals surface area contributed by atoms with E-state index in [0.717, 1.165) is 0 Å². The Morgan fingerprint density at radius 1 is 1.43 bits per heavy atom. The van der Waals surface area contributed by atoms with Crippen molar-refractivity contribution < 1.29 is 14.7 Å². The molecule has 4 nitrogen and oxygen atoms in total. The van der Waals surface area contributed by atoms with Gasteiger partial charge in [-0.2, -0.15) is 0 Å². The number of anilines is 1. The quantitative estimate of drug-likeness (QED) is 0.746. The van der Waals surface area contributed by atoms with E-state index in [-0.39, 0.29) is 11.5 Å². The maximum Gasteiger partial charge on any atom is 0.335 e. The normalized spacial score (nSPS) is 9.57. The molecule has 0 fully saturated rings. The maximum atomic E-state index is 10.8. The van der Waals surface area contributed by atoms with Crippen molar-refractivity contribution in [1.82, 2.24) is 0 Å². The van der Waals surface area contributed by atoms with Crippen molar-refractivity contribution in [3.05, 3.63) is 36.2 Å². The van der Waals surface area contributed by atoms with Gasteiger partial charge >= 0.3 is 5.97 Å². The number of hydrogen-bond donors (Lipinski definition) is 2. The first kappa shape index (κ1) is 10.2. The van der Waals surface area contributed by atoms with E-state index in [4.69, 9.17) is 5.11 Å². The summed E-state index contributed by atoms with van der Waals surface area (Å²) in [7, 11) is 0. The van der Waals surface area contributed by atoms with Crippen LogP contribution in [0.15, 0.2) is 18.2 Å². The number of carbonyl (C=O) groups is 2. The lowest BCUT2D eigenvalue weighted by Gasteiger charge is -2.06. The number of carboxylic acid groups (broad SMARTS) is 1. The summed E-state index contributed by atoms with van der Waals surface area (Å²) < 4.78 is 0. The Labute approximate surface area is 81.6 Å². The minimum atomic E-state index is -1.03. The third-order valence-corrected chi connectivity index (χ3v) is 1.67. The molecule has 0 saturated carbocycles. The highest BCUT2D eigenvalue weighted by Crippen LogP contribution is 2.16. The number of nitrogens with one attached hydrogen (secondary N) is 1. The van der Waals surface area contributed by atoms with Gasteiger partial charge in [-0.1, -0.05) is 6.07 Å². The van der Waals surface area contributed by atoms with Gasteiger partial charge in [-0.3, -0.25) is 4.79 Å². The van der Waals surface area contributed by atoms with E-state index in [0.29, 0.717) is 11.3 Å². The van der Waals surface area contributed by atoms with Crippen molar-refractivity contribution in [2.24, 2.45) is 0 Å². The summed E-state index contributed by atoms with van der Waals surface area (Å²) >= 11 is 0. The van der Waals surface area contributed by atoms with Crippen LogP contribution in [0.3, 0.4) is 0 Å². The number of hydrogen-bond acceptors (Lipinski definition) is 2. The molecule has 0 heterocycles. The van der Waals surface area contributed by atoms with Crippen LogP contribution in [0.5, 0.6) is 0 Å². The topological polar surface area (TPSA) is 66.4 Å². The van der Waals surface area contributed by atoms with Crippen LogP contribution >= 0.6 is 0 Å². The number of rotatable bonds is 2. The minimum Gasteiger partial charge on any atom is -0.478 e. The van der Waals surface area contributed by atoms with E-state index in [1.54, 1.807) is 6.07 Å². The third-order valence-electron chi connectivity index (χ3n) is 1.67. The Bertz CT molecular complexity index is 385. The summed E-state index contributed by atoms with van der Waals surface area (Å²) in [6.07, 6.45) is 0. The molecule has 0 saturated heterocycles. The molecule has 0 aromatic heterocycles. The molecule has 2 N–H and O–H groups in total. The summed E-state index contributed by atoms with van der Waals surface area (Å²) in [4.78, 5) is 21.4. The number of carboxylic acids is 1. The molecule has 73 valence electrons. The molecule has 1 radical (unpaired) electrons. The molecule has 0 bridgehead atoms. The Balaban J connectivity index is 3.08. The molecule has 1 aromatic carbocycles. The molecular formula is C10H10NO3. The van der Waals surface area contributed by atoms with Gasteiger partial charge < -0.3 is 10.4 Å². The zero-order valence-electron chi connectivity index (χ0n) is 7.70. The molecule has 1 amide bonds. The van der Waals surface area contributed by atoms with Crippen LogP contribution in [-0.2, 0) is 4.79 Å². The first-order chi connectivity index (χ1) is 6.50. The van der Waals surface area contributed by atoms with Gasteiger partial charge in [0.25, 0.3) is 0 Å². The first-order valence-electron chi connectivity index (χ1n) is 3.97. The molecule has 0 unspecified atom stereocenters. The van der Waals surface area contributed by atoms with Gasteiger partial charge in [0, 0.05) is 12.6 Å². The highest BCUT2D eigenvalue weighted by molar-refractivity contribution is 5.93. The van der Waals surface area contributed by atoms with Gasteiger partial charge in [-0.05, 0) is 24.6 Å². The van der Waals surface area contributed by atoms with Crippen LogP contribution < -0.4 is 5.32 Å². The van der Waals surface area contributed by atoms with E-state index in [9.17, 15) is 9.59 Å². The van der Waals surface area contributed by atoms with E-state index in [2.05, 4.69) is 12.2 Å². The van der Waals surface area contributed by atoms with Crippen LogP contribution in [0.2, 0.25) is 0 Å². The minimum absolute atomic E-state index is 0.126. The van der Waals surface area contributed by atoms with Gasteiger partial charge in [0.1, 0.15) is 0 Å². The van der Waals surface area contributed by atoms with Gasteiger partial charge in [-0.15, -0.1) is 0 Å². The SMILES string of the molecule is [CH2]c1ccc(C(=O)O)cc1NC(C)=O. The monoisotopic (exact) mass is 192 g/mol. The average molecular weight is 192 g/mol. The van der Waals surface area contributed by atoms with Crippen molar-refractivity contribution in [3.8, 4) is 0 Å². The van der Waals surface area contributed by atoms with Crippen molar-refractivity contribution in [1.29, 1.82) is 0 Å². The predicted octanol–water partition coefficient (Wildman–Crippen LogP) is 1.53. The highest BCUT2D eigenvalue weighted by atomic mass is 16.4. The van der Waals surface area contributed by atoms with E-state index in [1.807, 2.05) is 0 Å². The molecule has 1 aromatic rings. The molecule has 0 spiro atoms. The third kappa shape index (κ3) is 2.32. The fourth-order valence-electron chi connectivity index (χ4n) is 1.02. The second-order valence-electron chi connectivity index (χ2n) is 2.86. The van der Waals surface area contributed by atoms with Crippen LogP contribution in [-0.4, -0.2) is 17.0 Å². The van der Waals surface area contributed by atoms with Crippen molar-refractivity contribution in [2.45, 2.75) is 6.92 Å². The van der Waals surface area contributed by atoms with Crippen molar-refractivity contribution >= 4 is 17.6 Å². The fraction of sp³-hybridized carbons (Fsp3) is 0.100. The van der Waals surface area contributed by atoms with Gasteiger partial charge in [0.05, 0.1) is 5.56 Å². The van der Waals surface area contributed by atoms with Gasteiger partial charge in [0.2, 0.25) is 5.91 Å². The van der Waals surface area contributed by atoms with Gasteiger partial charge in [0.15, 0.2) is 0 Å². The first-order valence-corrected chi connectivity index (χ1v) is 3.97. The summed E-state index contributed by atoms with van der Waals surface area (Å²) in [5.41, 5.74) is 1.14. The molecule has 1 rings (SSSR count). The number of amides is 1. The standard InChI is InChI=1S/C10H10NO3/c1-6-3-4-8(10(13)14)5-9(6)11-7(2)12/h3-5H,1H2,2H3,(H,11,12)(H,13,14). The van der Waals surface area contributed by atoms with Crippen molar-refractivity contribution in [2.75, 3.05) is 5.32 Å². The molecule has 0 atom stereocenters. The summed E-state index contributed by atoms with van der Waals surface area (Å²) in [6, 6.07) is 4.37. The second-order valence-corrected chi connectivity index (χ2v) is 2.86. The average Bonchev–Trinajstić information content (AvgIpc) is 2.07. The largest absolute Gasteiger partial charge is 0.478 e. The van der Waals surface area contributed by atoms with E-state index in [1.165, 1.54) is 19.1 Å². The Morgan fingerprint density at radius 2 is 2.07 bits per heavy atom. The highest BCUT2D eigenvalue weighted by Gasteiger charge is 2.06. The van der Waals surface area contributed by atoms with E-state index < -0.39 is 5.97 Å². The fourth-order valence-corrected chi connectivity index (χ4v) is 1.02. The molecule has 0 aliphatic rings. The predicted molar refractivity (Wildman–Crippen MR) is 52.2 cm³/mol. The Hall–Kier alpha value is -1.84. The Kier molecular flexibility index (Phi) is 2.86. The van der Waals surface area contributed by atoms with Crippen LogP contribution in [0.1, 0.15) is 22.8 Å². The summed E-state index contributed by atoms with van der Waals surface area (Å²) in [5, 5.41) is 11.2. The lowest BCUT2D eigenvalue weighted by atomic mass is 10.1. The molecule has 0 aliphatic heterocycles. The number of aromatic carboxylic acids is 1. The smallest absolute Gasteiger partial charge is 0.335 e. The van der Waals surface area contributed by atoms with Crippen LogP contribution in [0, 0.1) is 6.92 Å². The summed E-state index contributed by atoms with van der Waals surface area (Å²) in [5.74, 6) is -1.28. The molecule has 0 aliphatic carbocycles. The van der Waals surface area contributed by atoms with Crippen LogP contribution in [0.25, 0.3) is 0 Å². The van der Waals surface area contributed by atoms with E-state index >= 15 is 0 Å².